The number of nitrogens with one attached hydrogen (secondary N) is 2. The van der Waals surface area contributed by atoms with Gasteiger partial charge < -0.3 is 15.4 Å². The average Bonchev–Trinajstić information content (AvgIpc) is 2.39. The number of rotatable bonds is 2. The number of halogens is 1. The van der Waals surface area contributed by atoms with Gasteiger partial charge in [-0.05, 0) is 23.1 Å². The molecule has 1 unspecified atom stereocenters. The molecule has 1 aromatic rings. The number of carbonyl (C=O) groups excluding carboxylic acids is 1. The van der Waals surface area contributed by atoms with Crippen molar-refractivity contribution in [2.24, 2.45) is 0 Å². The normalized spacial score (nSPS) is 19.1. The second kappa shape index (κ2) is 7.07. The van der Waals surface area contributed by atoms with E-state index < -0.39 is 6.10 Å². The van der Waals surface area contributed by atoms with E-state index in [1.165, 1.54) is 5.56 Å². The third kappa shape index (κ3) is 4.47. The van der Waals surface area contributed by atoms with E-state index in [0.717, 1.165) is 12.2 Å². The topological polar surface area (TPSA) is 50.4 Å². The zero-order valence-corrected chi connectivity index (χ0v) is 13.0. The number of hydrogen-bond donors (Lipinski definition) is 2. The monoisotopic (exact) mass is 298 g/mol. The molecule has 2 N–H and O–H groups in total. The first-order valence-corrected chi connectivity index (χ1v) is 6.70. The Balaban J connectivity index is 0.00000200. The van der Waals surface area contributed by atoms with E-state index in [0.29, 0.717) is 13.2 Å². The molecule has 5 heteroatoms. The van der Waals surface area contributed by atoms with Crippen molar-refractivity contribution in [3.8, 4) is 0 Å². The van der Waals surface area contributed by atoms with Crippen molar-refractivity contribution in [1.82, 2.24) is 5.32 Å². The van der Waals surface area contributed by atoms with Crippen LogP contribution in [0.4, 0.5) is 5.69 Å². The standard InChI is InChI=1S/C15H22N2O2.ClH/c1-15(2,3)11-4-6-12(7-5-11)17-14(18)13-10-16-8-9-19-13;/h4-7,13,16H,8-10H2,1-3H3,(H,17,18);1H. The van der Waals surface area contributed by atoms with Gasteiger partial charge in [0.15, 0.2) is 0 Å². The van der Waals surface area contributed by atoms with Crippen LogP contribution in [0, 0.1) is 0 Å². The Morgan fingerprint density at radius 3 is 2.45 bits per heavy atom. The molecule has 0 aromatic heterocycles. The number of benzene rings is 1. The van der Waals surface area contributed by atoms with Gasteiger partial charge in [0, 0.05) is 18.8 Å². The fourth-order valence-electron chi connectivity index (χ4n) is 2.01. The van der Waals surface area contributed by atoms with Crippen LogP contribution in [0.2, 0.25) is 0 Å². The Morgan fingerprint density at radius 2 is 1.95 bits per heavy atom. The molecule has 1 aliphatic heterocycles. The Morgan fingerprint density at radius 1 is 1.30 bits per heavy atom. The van der Waals surface area contributed by atoms with E-state index in [-0.39, 0.29) is 23.7 Å². The smallest absolute Gasteiger partial charge is 0.254 e. The van der Waals surface area contributed by atoms with Crippen LogP contribution in [0.25, 0.3) is 0 Å². The molecule has 1 aromatic carbocycles. The molecule has 1 aliphatic rings. The van der Waals surface area contributed by atoms with Crippen molar-refractivity contribution < 1.29 is 9.53 Å². The van der Waals surface area contributed by atoms with Gasteiger partial charge in [-0.15, -0.1) is 12.4 Å². The molecule has 1 heterocycles. The summed E-state index contributed by atoms with van der Waals surface area (Å²) < 4.78 is 5.42. The lowest BCUT2D eigenvalue weighted by Gasteiger charge is -2.23. The van der Waals surface area contributed by atoms with Gasteiger partial charge >= 0.3 is 0 Å². The Hall–Kier alpha value is -1.10. The number of hydrogen-bond acceptors (Lipinski definition) is 3. The second-order valence-electron chi connectivity index (χ2n) is 5.88. The van der Waals surface area contributed by atoms with E-state index in [1.54, 1.807) is 0 Å². The minimum Gasteiger partial charge on any atom is -0.366 e. The molecule has 112 valence electrons. The average molecular weight is 299 g/mol. The summed E-state index contributed by atoms with van der Waals surface area (Å²) in [6.45, 7) is 8.48. The van der Waals surface area contributed by atoms with Gasteiger partial charge in [-0.25, -0.2) is 0 Å². The van der Waals surface area contributed by atoms with Crippen molar-refractivity contribution in [2.45, 2.75) is 32.3 Å². The van der Waals surface area contributed by atoms with Crippen LogP contribution in [0.1, 0.15) is 26.3 Å². The Bertz CT molecular complexity index is 434. The second-order valence-corrected chi connectivity index (χ2v) is 5.88. The van der Waals surface area contributed by atoms with Gasteiger partial charge in [0.05, 0.1) is 6.61 Å². The first-order chi connectivity index (χ1) is 8.97. The highest BCUT2D eigenvalue weighted by Gasteiger charge is 2.21. The number of carbonyl (C=O) groups is 1. The molecule has 2 rings (SSSR count). The lowest BCUT2D eigenvalue weighted by atomic mass is 9.87. The summed E-state index contributed by atoms with van der Waals surface area (Å²) >= 11 is 0. The summed E-state index contributed by atoms with van der Waals surface area (Å²) in [5, 5.41) is 6.03. The first kappa shape index (κ1) is 17.0. The largest absolute Gasteiger partial charge is 0.366 e. The van der Waals surface area contributed by atoms with Crippen LogP contribution in [0.3, 0.4) is 0 Å². The third-order valence-electron chi connectivity index (χ3n) is 3.24. The maximum absolute atomic E-state index is 12.0. The van der Waals surface area contributed by atoms with Gasteiger partial charge in [0.2, 0.25) is 0 Å². The van der Waals surface area contributed by atoms with E-state index >= 15 is 0 Å². The maximum Gasteiger partial charge on any atom is 0.254 e. The van der Waals surface area contributed by atoms with E-state index in [2.05, 4.69) is 43.5 Å². The minimum atomic E-state index is -0.393. The van der Waals surface area contributed by atoms with Gasteiger partial charge in [-0.1, -0.05) is 32.9 Å². The fourth-order valence-corrected chi connectivity index (χ4v) is 2.01. The molecule has 1 amide bonds. The molecule has 20 heavy (non-hydrogen) atoms. The number of amides is 1. The molecule has 1 atom stereocenters. The summed E-state index contributed by atoms with van der Waals surface area (Å²) in [6.07, 6.45) is -0.393. The van der Waals surface area contributed by atoms with Crippen molar-refractivity contribution in [2.75, 3.05) is 25.0 Å². The fraction of sp³-hybridized carbons (Fsp3) is 0.533. The van der Waals surface area contributed by atoms with E-state index in [9.17, 15) is 4.79 Å². The molecular weight excluding hydrogens is 276 g/mol. The minimum absolute atomic E-state index is 0. The van der Waals surface area contributed by atoms with E-state index in [1.807, 2.05) is 12.1 Å². The van der Waals surface area contributed by atoms with Gasteiger partial charge in [-0.3, -0.25) is 4.79 Å². The summed E-state index contributed by atoms with van der Waals surface area (Å²) in [5.74, 6) is -0.0873. The quantitative estimate of drug-likeness (QED) is 0.881. The van der Waals surface area contributed by atoms with Crippen molar-refractivity contribution in [1.29, 1.82) is 0 Å². The highest BCUT2D eigenvalue weighted by atomic mass is 35.5. The van der Waals surface area contributed by atoms with Crippen LogP contribution >= 0.6 is 12.4 Å². The van der Waals surface area contributed by atoms with E-state index in [4.69, 9.17) is 4.74 Å². The van der Waals surface area contributed by atoms with Gasteiger partial charge in [-0.2, -0.15) is 0 Å². The molecule has 1 saturated heterocycles. The Labute approximate surface area is 126 Å². The van der Waals surface area contributed by atoms with Crippen LogP contribution in [0.15, 0.2) is 24.3 Å². The summed E-state index contributed by atoms with van der Waals surface area (Å²) in [7, 11) is 0. The lowest BCUT2D eigenvalue weighted by Crippen LogP contribution is -2.45. The number of anilines is 1. The van der Waals surface area contributed by atoms with Gasteiger partial charge in [0.1, 0.15) is 6.10 Å². The van der Waals surface area contributed by atoms with Crippen molar-refractivity contribution >= 4 is 24.0 Å². The maximum atomic E-state index is 12.0. The van der Waals surface area contributed by atoms with Crippen LogP contribution in [-0.4, -0.2) is 31.7 Å². The van der Waals surface area contributed by atoms with Crippen LogP contribution in [-0.2, 0) is 14.9 Å². The van der Waals surface area contributed by atoms with Gasteiger partial charge in [0.25, 0.3) is 5.91 Å². The van der Waals surface area contributed by atoms with Crippen LogP contribution in [0.5, 0.6) is 0 Å². The highest BCUT2D eigenvalue weighted by molar-refractivity contribution is 5.94. The first-order valence-electron chi connectivity index (χ1n) is 6.70. The summed E-state index contributed by atoms with van der Waals surface area (Å²) in [6, 6.07) is 7.98. The van der Waals surface area contributed by atoms with Crippen molar-refractivity contribution in [3.05, 3.63) is 29.8 Å². The molecule has 4 nitrogen and oxygen atoms in total. The Kier molecular flexibility index (Phi) is 5.99. The molecule has 0 radical (unpaired) electrons. The summed E-state index contributed by atoms with van der Waals surface area (Å²) in [4.78, 5) is 12.0. The molecule has 1 fully saturated rings. The molecule has 0 bridgehead atoms. The predicted molar refractivity (Wildman–Crippen MR) is 83.6 cm³/mol. The molecule has 0 spiro atoms. The number of ether oxygens (including phenoxy) is 1. The predicted octanol–water partition coefficient (Wildman–Crippen LogP) is 2.33. The number of morpholine rings is 1. The highest BCUT2D eigenvalue weighted by Crippen LogP contribution is 2.23. The zero-order chi connectivity index (χ0) is 13.9. The summed E-state index contributed by atoms with van der Waals surface area (Å²) in [5.41, 5.74) is 2.19. The molecular formula is C15H23ClN2O2. The molecule has 0 saturated carbocycles. The van der Waals surface area contributed by atoms with Crippen LogP contribution < -0.4 is 10.6 Å². The lowest BCUT2D eigenvalue weighted by molar-refractivity contribution is -0.128. The third-order valence-corrected chi connectivity index (χ3v) is 3.24. The van der Waals surface area contributed by atoms with Crippen molar-refractivity contribution in [3.63, 3.8) is 0 Å². The zero-order valence-electron chi connectivity index (χ0n) is 12.2. The molecule has 0 aliphatic carbocycles. The SMILES string of the molecule is CC(C)(C)c1ccc(NC(=O)C2CNCCO2)cc1.Cl.